The first-order valence-electron chi connectivity index (χ1n) is 6.34. The van der Waals surface area contributed by atoms with E-state index in [9.17, 15) is 0 Å². The molecule has 2 aromatic rings. The maximum Gasteiger partial charge on any atom is 0.0320 e. The molecule has 0 heterocycles. The van der Waals surface area contributed by atoms with Crippen LogP contribution < -0.4 is 5.73 Å². The van der Waals surface area contributed by atoms with Gasteiger partial charge >= 0.3 is 0 Å². The third kappa shape index (κ3) is 2.37. The van der Waals surface area contributed by atoms with E-state index in [-0.39, 0.29) is 0 Å². The van der Waals surface area contributed by atoms with Crippen LogP contribution in [0.3, 0.4) is 0 Å². The van der Waals surface area contributed by atoms with E-state index in [1.54, 1.807) is 0 Å². The summed E-state index contributed by atoms with van der Waals surface area (Å²) in [6.07, 6.45) is 4.16. The average molecular weight is 245 g/mol. The summed E-state index contributed by atoms with van der Waals surface area (Å²) in [6.45, 7) is 2.08. The Hall–Kier alpha value is -2.50. The molecule has 19 heavy (non-hydrogen) atoms. The van der Waals surface area contributed by atoms with Crippen LogP contribution in [0.1, 0.15) is 12.5 Å². The standard InChI is InChI=1S/C18H15N/c1-13-5-6-17(11-13)15-9-7-14(8-10-15)16-3-2-4-18(19)12-16/h2-5,7-12H,19H2,1H3. The molecule has 0 aromatic heterocycles. The molecule has 2 N–H and O–H groups in total. The summed E-state index contributed by atoms with van der Waals surface area (Å²) in [5.41, 5.74) is 15.8. The molecule has 0 unspecified atom stereocenters. The summed E-state index contributed by atoms with van der Waals surface area (Å²) in [7, 11) is 0. The Morgan fingerprint density at radius 1 is 0.895 bits per heavy atom. The van der Waals surface area contributed by atoms with Gasteiger partial charge in [0.2, 0.25) is 0 Å². The Labute approximate surface area is 113 Å². The molecule has 1 nitrogen and oxygen atoms in total. The second-order valence-electron chi connectivity index (χ2n) is 4.79. The fourth-order valence-electron chi connectivity index (χ4n) is 2.23. The first-order chi connectivity index (χ1) is 9.22. The Morgan fingerprint density at radius 3 is 2.26 bits per heavy atom. The second kappa shape index (κ2) is 4.64. The highest BCUT2D eigenvalue weighted by Gasteiger charge is 2.03. The Balaban J connectivity index is 1.94. The van der Waals surface area contributed by atoms with E-state index in [1.165, 1.54) is 16.7 Å². The van der Waals surface area contributed by atoms with Crippen molar-refractivity contribution in [3.8, 4) is 11.1 Å². The highest BCUT2D eigenvalue weighted by molar-refractivity contribution is 5.79. The first kappa shape index (κ1) is 11.6. The Bertz CT molecular complexity index is 712. The van der Waals surface area contributed by atoms with Crippen molar-refractivity contribution in [1.29, 1.82) is 0 Å². The van der Waals surface area contributed by atoms with Crippen LogP contribution in [0.4, 0.5) is 5.69 Å². The first-order valence-corrected chi connectivity index (χ1v) is 6.34. The van der Waals surface area contributed by atoms with Gasteiger partial charge in [-0.1, -0.05) is 36.4 Å². The van der Waals surface area contributed by atoms with Gasteiger partial charge in [0.1, 0.15) is 0 Å². The summed E-state index contributed by atoms with van der Waals surface area (Å²) in [4.78, 5) is 0. The third-order valence-electron chi connectivity index (χ3n) is 3.24. The van der Waals surface area contributed by atoms with Gasteiger partial charge in [-0.3, -0.25) is 0 Å². The lowest BCUT2D eigenvalue weighted by Crippen LogP contribution is -1.85. The predicted molar refractivity (Wildman–Crippen MR) is 81.5 cm³/mol. The van der Waals surface area contributed by atoms with Crippen LogP contribution in [0.5, 0.6) is 0 Å². The van der Waals surface area contributed by atoms with Gasteiger partial charge in [-0.25, -0.2) is 0 Å². The van der Waals surface area contributed by atoms with Gasteiger partial charge in [0.25, 0.3) is 0 Å². The summed E-state index contributed by atoms with van der Waals surface area (Å²) < 4.78 is 0. The van der Waals surface area contributed by atoms with E-state index in [0.717, 1.165) is 16.8 Å². The van der Waals surface area contributed by atoms with Gasteiger partial charge in [-0.05, 0) is 53.5 Å². The molecule has 92 valence electrons. The van der Waals surface area contributed by atoms with Crippen molar-refractivity contribution >= 4 is 11.3 Å². The molecule has 0 atom stereocenters. The lowest BCUT2D eigenvalue weighted by atomic mass is 10.0. The van der Waals surface area contributed by atoms with Crippen molar-refractivity contribution in [3.05, 3.63) is 77.6 Å². The van der Waals surface area contributed by atoms with Crippen LogP contribution in [0.25, 0.3) is 16.7 Å². The largest absolute Gasteiger partial charge is 0.399 e. The molecule has 0 radical (unpaired) electrons. The lowest BCUT2D eigenvalue weighted by Gasteiger charge is -2.05. The molecular weight excluding hydrogens is 230 g/mol. The summed E-state index contributed by atoms with van der Waals surface area (Å²) in [5.74, 6) is 0. The highest BCUT2D eigenvalue weighted by Crippen LogP contribution is 2.26. The highest BCUT2D eigenvalue weighted by atomic mass is 14.5. The SMILES string of the molecule is CC1=CC(c2ccc(-c3cccc(N)c3)cc2)=C=C1. The number of nitrogens with two attached hydrogens (primary N) is 1. The van der Waals surface area contributed by atoms with Crippen molar-refractivity contribution in [2.75, 3.05) is 5.73 Å². The van der Waals surface area contributed by atoms with Crippen molar-refractivity contribution in [2.45, 2.75) is 6.92 Å². The maximum absolute atomic E-state index is 5.81. The van der Waals surface area contributed by atoms with Gasteiger partial charge in [-0.15, -0.1) is 5.73 Å². The molecule has 0 fully saturated rings. The van der Waals surface area contributed by atoms with E-state index >= 15 is 0 Å². The normalized spacial score (nSPS) is 13.3. The number of nitrogen functional groups attached to an aromatic ring is 1. The van der Waals surface area contributed by atoms with Crippen LogP contribution in [-0.2, 0) is 0 Å². The predicted octanol–water partition coefficient (Wildman–Crippen LogP) is 4.43. The maximum atomic E-state index is 5.81. The van der Waals surface area contributed by atoms with Gasteiger partial charge in [0.05, 0.1) is 0 Å². The van der Waals surface area contributed by atoms with Crippen LogP contribution in [0.2, 0.25) is 0 Å². The van der Waals surface area contributed by atoms with E-state index in [1.807, 2.05) is 24.3 Å². The van der Waals surface area contributed by atoms with Crippen molar-refractivity contribution in [2.24, 2.45) is 0 Å². The molecular formula is C18H15N. The zero-order chi connectivity index (χ0) is 13.2. The van der Waals surface area contributed by atoms with Gasteiger partial charge in [0, 0.05) is 11.3 Å². The molecule has 0 amide bonds. The van der Waals surface area contributed by atoms with Gasteiger partial charge < -0.3 is 5.73 Å². The van der Waals surface area contributed by atoms with Gasteiger partial charge in [-0.2, -0.15) is 0 Å². The molecule has 1 heteroatoms. The quantitative estimate of drug-likeness (QED) is 0.614. The number of benzene rings is 2. The molecule has 1 aliphatic carbocycles. The summed E-state index contributed by atoms with van der Waals surface area (Å²) >= 11 is 0. The molecule has 0 aliphatic heterocycles. The molecule has 3 rings (SSSR count). The molecule has 0 bridgehead atoms. The fraction of sp³-hybridized carbons (Fsp3) is 0.0556. The number of hydrogen-bond acceptors (Lipinski definition) is 1. The topological polar surface area (TPSA) is 26.0 Å². The Kier molecular flexibility index (Phi) is 2.83. The van der Waals surface area contributed by atoms with Crippen LogP contribution in [0, 0.1) is 0 Å². The monoisotopic (exact) mass is 245 g/mol. The number of anilines is 1. The minimum atomic E-state index is 0.793. The van der Waals surface area contributed by atoms with E-state index in [0.29, 0.717) is 0 Å². The summed E-state index contributed by atoms with van der Waals surface area (Å²) in [5, 5.41) is 0. The van der Waals surface area contributed by atoms with E-state index in [4.69, 9.17) is 5.73 Å². The molecule has 0 saturated carbocycles. The van der Waals surface area contributed by atoms with Crippen LogP contribution in [-0.4, -0.2) is 0 Å². The zero-order valence-corrected chi connectivity index (χ0v) is 10.9. The van der Waals surface area contributed by atoms with Gasteiger partial charge in [0.15, 0.2) is 0 Å². The second-order valence-corrected chi connectivity index (χ2v) is 4.79. The zero-order valence-electron chi connectivity index (χ0n) is 10.9. The third-order valence-corrected chi connectivity index (χ3v) is 3.24. The molecule has 1 aliphatic rings. The number of allylic oxidation sites excluding steroid dienone is 3. The molecule has 0 spiro atoms. The number of hydrogen-bond donors (Lipinski definition) is 1. The van der Waals surface area contributed by atoms with Crippen molar-refractivity contribution in [3.63, 3.8) is 0 Å². The van der Waals surface area contributed by atoms with Crippen LogP contribution >= 0.6 is 0 Å². The van der Waals surface area contributed by atoms with Crippen molar-refractivity contribution in [1.82, 2.24) is 0 Å². The lowest BCUT2D eigenvalue weighted by molar-refractivity contribution is 1.55. The van der Waals surface area contributed by atoms with Crippen molar-refractivity contribution < 1.29 is 0 Å². The molecule has 0 saturated heterocycles. The van der Waals surface area contributed by atoms with E-state index < -0.39 is 0 Å². The molecule has 2 aromatic carbocycles. The minimum Gasteiger partial charge on any atom is -0.399 e. The Morgan fingerprint density at radius 2 is 1.63 bits per heavy atom. The van der Waals surface area contributed by atoms with E-state index in [2.05, 4.69) is 49.1 Å². The number of rotatable bonds is 2. The van der Waals surface area contributed by atoms with Crippen LogP contribution in [0.15, 0.2) is 72.0 Å². The smallest absolute Gasteiger partial charge is 0.0320 e. The summed E-state index contributed by atoms with van der Waals surface area (Å²) in [6, 6.07) is 16.5. The average Bonchev–Trinajstić information content (AvgIpc) is 2.86. The fourth-order valence-corrected chi connectivity index (χ4v) is 2.23. The minimum absolute atomic E-state index is 0.793.